The lowest BCUT2D eigenvalue weighted by atomic mass is 9.92. The quantitative estimate of drug-likeness (QED) is 0.665. The van der Waals surface area contributed by atoms with Crippen molar-refractivity contribution in [1.82, 2.24) is 9.80 Å². The summed E-state index contributed by atoms with van der Waals surface area (Å²) in [4.78, 5) is 29.3. The van der Waals surface area contributed by atoms with Gasteiger partial charge < -0.3 is 19.3 Å². The minimum Gasteiger partial charge on any atom is -0.493 e. The monoisotopic (exact) mass is 436 g/mol. The van der Waals surface area contributed by atoms with Crippen LogP contribution in [0.4, 0.5) is 0 Å². The maximum Gasteiger partial charge on any atom is 0.260 e. The Hall–Kier alpha value is -3.02. The average Bonchev–Trinajstić information content (AvgIpc) is 2.87. The van der Waals surface area contributed by atoms with Gasteiger partial charge in [-0.15, -0.1) is 0 Å². The smallest absolute Gasteiger partial charge is 0.260 e. The average molecular weight is 437 g/mol. The predicted molar refractivity (Wildman–Crippen MR) is 122 cm³/mol. The van der Waals surface area contributed by atoms with Gasteiger partial charge in [0.25, 0.3) is 5.91 Å². The van der Waals surface area contributed by atoms with Gasteiger partial charge in [0.15, 0.2) is 6.61 Å². The normalized spacial score (nSPS) is 17.8. The van der Waals surface area contributed by atoms with Crippen LogP contribution in [0.1, 0.15) is 25.7 Å². The Labute approximate surface area is 190 Å². The van der Waals surface area contributed by atoms with E-state index in [1.807, 2.05) is 70.5 Å². The number of amides is 2. The van der Waals surface area contributed by atoms with Gasteiger partial charge in [-0.25, -0.2) is 0 Å². The highest BCUT2D eigenvalue weighted by Gasteiger charge is 2.32. The largest absolute Gasteiger partial charge is 0.493 e. The van der Waals surface area contributed by atoms with E-state index < -0.39 is 0 Å². The van der Waals surface area contributed by atoms with Crippen LogP contribution in [0.2, 0.25) is 0 Å². The van der Waals surface area contributed by atoms with E-state index in [-0.39, 0.29) is 24.3 Å². The van der Waals surface area contributed by atoms with Gasteiger partial charge in [0.1, 0.15) is 11.5 Å². The molecule has 2 heterocycles. The number of nitrogens with zero attached hydrogens (tertiary/aromatic N) is 2. The van der Waals surface area contributed by atoms with E-state index in [0.717, 1.165) is 44.5 Å². The summed E-state index contributed by atoms with van der Waals surface area (Å²) >= 11 is 0. The molecule has 170 valence electrons. The first-order chi connectivity index (χ1) is 15.7. The van der Waals surface area contributed by atoms with Crippen LogP contribution in [0.15, 0.2) is 60.7 Å². The van der Waals surface area contributed by atoms with E-state index in [1.165, 1.54) is 0 Å². The van der Waals surface area contributed by atoms with Crippen LogP contribution in [0.5, 0.6) is 11.5 Å². The number of hydrogen-bond donors (Lipinski definition) is 0. The lowest BCUT2D eigenvalue weighted by molar-refractivity contribution is -0.142. The fourth-order valence-electron chi connectivity index (χ4n) is 4.44. The summed E-state index contributed by atoms with van der Waals surface area (Å²) in [5.41, 5.74) is 0. The molecule has 6 heteroatoms. The van der Waals surface area contributed by atoms with Crippen molar-refractivity contribution in [3.05, 3.63) is 60.7 Å². The van der Waals surface area contributed by atoms with Crippen molar-refractivity contribution in [1.29, 1.82) is 0 Å². The molecule has 0 bridgehead atoms. The summed E-state index contributed by atoms with van der Waals surface area (Å²) in [6.45, 7) is 3.58. The molecule has 4 rings (SSSR count). The Morgan fingerprint density at radius 1 is 0.719 bits per heavy atom. The van der Waals surface area contributed by atoms with Crippen LogP contribution in [-0.2, 0) is 9.59 Å². The first-order valence-electron chi connectivity index (χ1n) is 11.6. The van der Waals surface area contributed by atoms with Gasteiger partial charge >= 0.3 is 0 Å². The molecule has 32 heavy (non-hydrogen) atoms. The molecular weight excluding hydrogens is 404 g/mol. The fourth-order valence-corrected chi connectivity index (χ4v) is 4.44. The maximum atomic E-state index is 13.0. The summed E-state index contributed by atoms with van der Waals surface area (Å²) in [5, 5.41) is 0. The second-order valence-corrected chi connectivity index (χ2v) is 8.65. The molecule has 0 aliphatic carbocycles. The number of rotatable bonds is 7. The van der Waals surface area contributed by atoms with Crippen LogP contribution in [0.3, 0.4) is 0 Å². The van der Waals surface area contributed by atoms with E-state index in [2.05, 4.69) is 0 Å². The summed E-state index contributed by atoms with van der Waals surface area (Å²) < 4.78 is 11.5. The van der Waals surface area contributed by atoms with Gasteiger partial charge in [-0.05, 0) is 55.9 Å². The third-order valence-corrected chi connectivity index (χ3v) is 6.46. The highest BCUT2D eigenvalue weighted by Crippen LogP contribution is 2.25. The van der Waals surface area contributed by atoms with Crippen molar-refractivity contribution in [3.8, 4) is 11.5 Å². The second kappa shape index (κ2) is 11.0. The van der Waals surface area contributed by atoms with Crippen molar-refractivity contribution in [2.75, 3.05) is 39.4 Å². The Morgan fingerprint density at radius 3 is 1.84 bits per heavy atom. The first-order valence-corrected chi connectivity index (χ1v) is 11.6. The number of para-hydroxylation sites is 2. The van der Waals surface area contributed by atoms with Crippen molar-refractivity contribution in [3.63, 3.8) is 0 Å². The minimum absolute atomic E-state index is 0.0148. The van der Waals surface area contributed by atoms with Gasteiger partial charge in [0, 0.05) is 32.1 Å². The number of piperidine rings is 2. The molecule has 2 aromatic rings. The summed E-state index contributed by atoms with van der Waals surface area (Å²) in [6.07, 6.45) is 3.42. The predicted octanol–water partition coefficient (Wildman–Crippen LogP) is 3.62. The number of hydrogen-bond acceptors (Lipinski definition) is 4. The van der Waals surface area contributed by atoms with Crippen molar-refractivity contribution in [2.45, 2.75) is 25.7 Å². The molecule has 0 N–H and O–H groups in total. The molecule has 2 aliphatic heterocycles. The van der Waals surface area contributed by atoms with E-state index in [1.54, 1.807) is 0 Å². The number of likely N-dealkylation sites (tertiary alicyclic amines) is 2. The van der Waals surface area contributed by atoms with E-state index in [0.29, 0.717) is 31.4 Å². The number of carbonyl (C=O) groups is 2. The molecule has 0 radical (unpaired) electrons. The van der Waals surface area contributed by atoms with Crippen LogP contribution in [0, 0.1) is 11.8 Å². The highest BCUT2D eigenvalue weighted by atomic mass is 16.5. The lowest BCUT2D eigenvalue weighted by Crippen LogP contribution is -2.47. The summed E-state index contributed by atoms with van der Waals surface area (Å²) in [6, 6.07) is 19.3. The Morgan fingerprint density at radius 2 is 1.25 bits per heavy atom. The van der Waals surface area contributed by atoms with Gasteiger partial charge in [-0.2, -0.15) is 0 Å². The lowest BCUT2D eigenvalue weighted by Gasteiger charge is -2.37. The minimum atomic E-state index is -0.0148. The Kier molecular flexibility index (Phi) is 7.64. The van der Waals surface area contributed by atoms with Gasteiger partial charge in [-0.1, -0.05) is 36.4 Å². The molecule has 0 saturated carbocycles. The topological polar surface area (TPSA) is 59.1 Å². The van der Waals surface area contributed by atoms with Gasteiger partial charge in [0.2, 0.25) is 5.91 Å². The van der Waals surface area contributed by atoms with Crippen molar-refractivity contribution >= 4 is 11.8 Å². The molecule has 2 aromatic carbocycles. The maximum absolute atomic E-state index is 13.0. The fraction of sp³-hybridized carbons (Fsp3) is 0.462. The molecule has 2 aliphatic rings. The third-order valence-electron chi connectivity index (χ3n) is 6.46. The summed E-state index contributed by atoms with van der Waals surface area (Å²) in [5.74, 6) is 2.35. The number of carbonyl (C=O) groups excluding carboxylic acids is 2. The van der Waals surface area contributed by atoms with Crippen molar-refractivity contribution in [2.24, 2.45) is 11.8 Å². The third kappa shape index (κ3) is 6.02. The molecular formula is C26H32N2O4. The molecule has 2 fully saturated rings. The van der Waals surface area contributed by atoms with Crippen molar-refractivity contribution < 1.29 is 19.1 Å². The van der Waals surface area contributed by atoms with Gasteiger partial charge in [0.05, 0.1) is 6.61 Å². The first kappa shape index (κ1) is 22.2. The van der Waals surface area contributed by atoms with Crippen LogP contribution >= 0.6 is 0 Å². The Bertz CT molecular complexity index is 858. The second-order valence-electron chi connectivity index (χ2n) is 8.65. The number of benzene rings is 2. The highest BCUT2D eigenvalue weighted by molar-refractivity contribution is 5.80. The molecule has 2 amide bonds. The molecule has 2 saturated heterocycles. The molecule has 6 nitrogen and oxygen atoms in total. The standard InChI is InChI=1S/C26H32N2O4/c29-25(20-32-24-9-5-2-6-10-24)27-17-13-22(14-18-27)26(30)28-15-11-21(12-16-28)19-31-23-7-3-1-4-8-23/h1-10,21-22H,11-20H2. The zero-order chi connectivity index (χ0) is 22.2. The van der Waals surface area contributed by atoms with E-state index in [4.69, 9.17) is 9.47 Å². The van der Waals surface area contributed by atoms with E-state index >= 15 is 0 Å². The zero-order valence-corrected chi connectivity index (χ0v) is 18.5. The van der Waals surface area contributed by atoms with Crippen LogP contribution < -0.4 is 9.47 Å². The molecule has 0 spiro atoms. The molecule has 0 unspecified atom stereocenters. The van der Waals surface area contributed by atoms with Gasteiger partial charge in [-0.3, -0.25) is 9.59 Å². The SMILES string of the molecule is O=C(COc1ccccc1)N1CCC(C(=O)N2CCC(COc3ccccc3)CC2)CC1. The zero-order valence-electron chi connectivity index (χ0n) is 18.5. The van der Waals surface area contributed by atoms with E-state index in [9.17, 15) is 9.59 Å². The van der Waals surface area contributed by atoms with Crippen LogP contribution in [-0.4, -0.2) is 61.0 Å². The summed E-state index contributed by atoms with van der Waals surface area (Å²) in [7, 11) is 0. The molecule has 0 aromatic heterocycles. The number of ether oxygens (including phenoxy) is 2. The Balaban J connectivity index is 1.15. The van der Waals surface area contributed by atoms with Crippen LogP contribution in [0.25, 0.3) is 0 Å². The molecule has 0 atom stereocenters.